The second-order valence-electron chi connectivity index (χ2n) is 4.58. The molecule has 2 aromatic rings. The van der Waals surface area contributed by atoms with Crippen molar-refractivity contribution in [2.24, 2.45) is 5.73 Å². The summed E-state index contributed by atoms with van der Waals surface area (Å²) in [5, 5.41) is 0. The highest BCUT2D eigenvalue weighted by Gasteiger charge is 2.08. The number of imidazole rings is 1. The molecule has 1 aromatic carbocycles. The van der Waals surface area contributed by atoms with Gasteiger partial charge in [0.05, 0.1) is 32.2 Å². The van der Waals surface area contributed by atoms with E-state index in [0.29, 0.717) is 13.1 Å². The van der Waals surface area contributed by atoms with Crippen molar-refractivity contribution in [3.05, 3.63) is 47.0 Å². The van der Waals surface area contributed by atoms with Crippen molar-refractivity contribution >= 4 is 0 Å². The number of hydrogen-bond acceptors (Lipinski definition) is 3. The molecule has 2 N–H and O–H groups in total. The summed E-state index contributed by atoms with van der Waals surface area (Å²) in [5.74, 6) is 6.77. The third-order valence-corrected chi connectivity index (χ3v) is 3.30. The topological polar surface area (TPSA) is 53.1 Å². The molecule has 0 amide bonds. The van der Waals surface area contributed by atoms with E-state index >= 15 is 0 Å². The molecule has 0 aliphatic rings. The van der Waals surface area contributed by atoms with Crippen LogP contribution in [-0.2, 0) is 6.54 Å². The van der Waals surface area contributed by atoms with Crippen molar-refractivity contribution in [1.82, 2.24) is 9.55 Å². The quantitative estimate of drug-likeness (QED) is 0.865. The van der Waals surface area contributed by atoms with Crippen LogP contribution in [0.15, 0.2) is 24.5 Å². The van der Waals surface area contributed by atoms with Gasteiger partial charge in [-0.1, -0.05) is 11.8 Å². The van der Waals surface area contributed by atoms with Crippen LogP contribution in [0.3, 0.4) is 0 Å². The van der Waals surface area contributed by atoms with Gasteiger partial charge in [-0.15, -0.1) is 0 Å². The summed E-state index contributed by atoms with van der Waals surface area (Å²) in [4.78, 5) is 4.32. The lowest BCUT2D eigenvalue weighted by Crippen LogP contribution is -2.03. The van der Waals surface area contributed by atoms with Gasteiger partial charge in [0, 0.05) is 16.8 Å². The third kappa shape index (κ3) is 3.01. The minimum atomic E-state index is 0.362. The number of benzene rings is 1. The number of aromatic nitrogens is 2. The van der Waals surface area contributed by atoms with Crippen LogP contribution in [0, 0.1) is 25.7 Å². The van der Waals surface area contributed by atoms with Gasteiger partial charge in [0.25, 0.3) is 0 Å². The van der Waals surface area contributed by atoms with Crippen LogP contribution >= 0.6 is 0 Å². The highest BCUT2D eigenvalue weighted by atomic mass is 16.5. The van der Waals surface area contributed by atoms with Gasteiger partial charge in [0.15, 0.2) is 0 Å². The summed E-state index contributed by atoms with van der Waals surface area (Å²) in [7, 11) is 1.68. The van der Waals surface area contributed by atoms with Gasteiger partial charge >= 0.3 is 0 Å². The van der Waals surface area contributed by atoms with Crippen molar-refractivity contribution in [2.75, 3.05) is 13.7 Å². The molecule has 1 aromatic heterocycles. The van der Waals surface area contributed by atoms with E-state index in [4.69, 9.17) is 10.5 Å². The van der Waals surface area contributed by atoms with Crippen LogP contribution in [-0.4, -0.2) is 23.2 Å². The van der Waals surface area contributed by atoms with E-state index in [9.17, 15) is 0 Å². The number of nitrogens with zero attached hydrogens (tertiary/aromatic N) is 2. The predicted octanol–water partition coefficient (Wildman–Crippen LogP) is 1.87. The molecule has 0 fully saturated rings. The molecule has 1 heterocycles. The van der Waals surface area contributed by atoms with Gasteiger partial charge in [-0.2, -0.15) is 0 Å². The minimum absolute atomic E-state index is 0.362. The molecule has 0 bridgehead atoms. The first-order chi connectivity index (χ1) is 9.65. The Kier molecular flexibility index (Phi) is 4.44. The van der Waals surface area contributed by atoms with E-state index in [-0.39, 0.29) is 0 Å². The normalized spacial score (nSPS) is 10.0. The molecule has 104 valence electrons. The molecule has 4 heteroatoms. The molecule has 0 atom stereocenters. The molecule has 0 spiro atoms. The standard InChI is InChI=1S/C16H19N3O/c1-12-13(2)19(11-18-12)10-15-9-14(5-4-8-17)6-7-16(15)20-3/h6-7,9,11H,8,10,17H2,1-3H3. The number of hydrogen-bond donors (Lipinski definition) is 1. The average molecular weight is 269 g/mol. The SMILES string of the molecule is COc1ccc(C#CCN)cc1Cn1cnc(C)c1C. The number of nitrogens with two attached hydrogens (primary N) is 1. The molecule has 0 aliphatic carbocycles. The monoisotopic (exact) mass is 269 g/mol. The second kappa shape index (κ2) is 6.27. The maximum atomic E-state index is 5.42. The lowest BCUT2D eigenvalue weighted by Gasteiger charge is -2.11. The van der Waals surface area contributed by atoms with Gasteiger partial charge in [0.2, 0.25) is 0 Å². The molecule has 20 heavy (non-hydrogen) atoms. The Morgan fingerprint density at radius 2 is 2.15 bits per heavy atom. The number of rotatable bonds is 3. The Bertz CT molecular complexity index is 662. The molecule has 0 unspecified atom stereocenters. The zero-order chi connectivity index (χ0) is 14.5. The number of methoxy groups -OCH3 is 1. The highest BCUT2D eigenvalue weighted by Crippen LogP contribution is 2.21. The Morgan fingerprint density at radius 3 is 2.75 bits per heavy atom. The van der Waals surface area contributed by atoms with E-state index in [0.717, 1.165) is 28.3 Å². The van der Waals surface area contributed by atoms with E-state index in [2.05, 4.69) is 28.3 Å². The van der Waals surface area contributed by atoms with Gasteiger partial charge in [0.1, 0.15) is 5.75 Å². The first kappa shape index (κ1) is 14.2. The van der Waals surface area contributed by atoms with Crippen LogP contribution < -0.4 is 10.5 Å². The fourth-order valence-corrected chi connectivity index (χ4v) is 2.02. The molecule has 0 aliphatic heterocycles. The van der Waals surface area contributed by atoms with Crippen LogP contribution in [0.4, 0.5) is 0 Å². The summed E-state index contributed by atoms with van der Waals surface area (Å²) in [6.07, 6.45) is 1.85. The van der Waals surface area contributed by atoms with Crippen molar-refractivity contribution in [2.45, 2.75) is 20.4 Å². The summed E-state index contributed by atoms with van der Waals surface area (Å²) < 4.78 is 7.52. The summed E-state index contributed by atoms with van der Waals surface area (Å²) in [6.45, 7) is 5.15. The molecule has 0 saturated heterocycles. The predicted molar refractivity (Wildman–Crippen MR) is 79.7 cm³/mol. The van der Waals surface area contributed by atoms with Gasteiger partial charge in [-0.3, -0.25) is 0 Å². The Labute approximate surface area is 119 Å². The van der Waals surface area contributed by atoms with Crippen molar-refractivity contribution in [1.29, 1.82) is 0 Å². The fourth-order valence-electron chi connectivity index (χ4n) is 2.02. The first-order valence-corrected chi connectivity index (χ1v) is 6.50. The third-order valence-electron chi connectivity index (χ3n) is 3.30. The van der Waals surface area contributed by atoms with Crippen LogP contribution in [0.5, 0.6) is 5.75 Å². The minimum Gasteiger partial charge on any atom is -0.496 e. The summed E-state index contributed by atoms with van der Waals surface area (Å²) in [5.41, 5.74) is 9.63. The van der Waals surface area contributed by atoms with Crippen molar-refractivity contribution < 1.29 is 4.74 Å². The van der Waals surface area contributed by atoms with Crippen LogP contribution in [0.1, 0.15) is 22.5 Å². The molecule has 0 radical (unpaired) electrons. The highest BCUT2D eigenvalue weighted by molar-refractivity contribution is 5.44. The summed E-state index contributed by atoms with van der Waals surface area (Å²) in [6, 6.07) is 5.92. The zero-order valence-electron chi connectivity index (χ0n) is 12.1. The molecule has 0 saturated carbocycles. The zero-order valence-corrected chi connectivity index (χ0v) is 12.1. The molecule has 4 nitrogen and oxygen atoms in total. The molecular formula is C16H19N3O. The van der Waals surface area contributed by atoms with Crippen molar-refractivity contribution in [3.8, 4) is 17.6 Å². The average Bonchev–Trinajstić information content (AvgIpc) is 2.77. The number of ether oxygens (including phenoxy) is 1. The van der Waals surface area contributed by atoms with Crippen LogP contribution in [0.25, 0.3) is 0 Å². The molecular weight excluding hydrogens is 250 g/mol. The first-order valence-electron chi connectivity index (χ1n) is 6.50. The van der Waals surface area contributed by atoms with E-state index in [1.165, 1.54) is 0 Å². The Morgan fingerprint density at radius 1 is 1.35 bits per heavy atom. The number of aryl methyl sites for hydroxylation is 1. The molecule has 2 rings (SSSR count). The van der Waals surface area contributed by atoms with Gasteiger partial charge in [-0.25, -0.2) is 4.98 Å². The van der Waals surface area contributed by atoms with E-state index < -0.39 is 0 Å². The lowest BCUT2D eigenvalue weighted by atomic mass is 10.1. The second-order valence-corrected chi connectivity index (χ2v) is 4.58. The van der Waals surface area contributed by atoms with E-state index in [1.54, 1.807) is 7.11 Å². The summed E-state index contributed by atoms with van der Waals surface area (Å²) >= 11 is 0. The lowest BCUT2D eigenvalue weighted by molar-refractivity contribution is 0.408. The van der Waals surface area contributed by atoms with Crippen LogP contribution in [0.2, 0.25) is 0 Å². The maximum absolute atomic E-state index is 5.42. The smallest absolute Gasteiger partial charge is 0.123 e. The van der Waals surface area contributed by atoms with Gasteiger partial charge < -0.3 is 15.0 Å². The largest absolute Gasteiger partial charge is 0.496 e. The van der Waals surface area contributed by atoms with Gasteiger partial charge in [-0.05, 0) is 32.0 Å². The Balaban J connectivity index is 2.35. The maximum Gasteiger partial charge on any atom is 0.123 e. The van der Waals surface area contributed by atoms with Crippen molar-refractivity contribution in [3.63, 3.8) is 0 Å². The fraction of sp³-hybridized carbons (Fsp3) is 0.312. The Hall–Kier alpha value is -2.25. The van der Waals surface area contributed by atoms with E-state index in [1.807, 2.05) is 31.5 Å².